The molecule has 3 N–H and O–H groups in total. The molecule has 34 heavy (non-hydrogen) atoms. The molecule has 180 valence electrons. The van der Waals surface area contributed by atoms with Gasteiger partial charge in [-0.15, -0.1) is 0 Å². The summed E-state index contributed by atoms with van der Waals surface area (Å²) in [5, 5.41) is 7.20. The van der Waals surface area contributed by atoms with Crippen LogP contribution in [0.2, 0.25) is 0 Å². The normalized spacial score (nSPS) is 11.1. The quantitative estimate of drug-likeness (QED) is 0.456. The highest BCUT2D eigenvalue weighted by Gasteiger charge is 2.30. The molecule has 0 saturated carbocycles. The summed E-state index contributed by atoms with van der Waals surface area (Å²) in [5.74, 6) is -0.269. The average molecular weight is 475 g/mol. The van der Waals surface area contributed by atoms with Crippen molar-refractivity contribution in [1.82, 2.24) is 20.6 Å². The summed E-state index contributed by atoms with van der Waals surface area (Å²) >= 11 is 0. The van der Waals surface area contributed by atoms with E-state index in [0.717, 1.165) is 12.1 Å². The lowest BCUT2D eigenvalue weighted by atomic mass is 10.1. The van der Waals surface area contributed by atoms with Gasteiger partial charge in [0.25, 0.3) is 5.91 Å². The monoisotopic (exact) mass is 475 g/mol. The second-order valence-corrected chi connectivity index (χ2v) is 7.46. The van der Waals surface area contributed by atoms with Crippen molar-refractivity contribution in [3.63, 3.8) is 0 Å². The van der Waals surface area contributed by atoms with E-state index in [1.165, 1.54) is 16.8 Å². The molecular weight excluding hydrogens is 451 g/mol. The predicted molar refractivity (Wildman–Crippen MR) is 120 cm³/mol. The Labute approximate surface area is 194 Å². The molecular formula is C23H24F3N5O3. The van der Waals surface area contributed by atoms with Crippen LogP contribution in [0.3, 0.4) is 0 Å². The number of halogens is 3. The number of hydrogen-bond acceptors (Lipinski definition) is 5. The molecule has 0 saturated heterocycles. The smallest absolute Gasteiger partial charge is 0.416 e. The van der Waals surface area contributed by atoms with E-state index in [1.54, 1.807) is 45.2 Å². The van der Waals surface area contributed by atoms with E-state index in [9.17, 15) is 22.8 Å². The summed E-state index contributed by atoms with van der Waals surface area (Å²) in [6, 6.07) is 11.8. The number of hydrogen-bond donors (Lipinski definition) is 3. The van der Waals surface area contributed by atoms with Gasteiger partial charge in [0.2, 0.25) is 5.91 Å². The van der Waals surface area contributed by atoms with Gasteiger partial charge < -0.3 is 10.1 Å². The van der Waals surface area contributed by atoms with Crippen molar-refractivity contribution in [3.05, 3.63) is 71.0 Å². The number of benzene rings is 2. The van der Waals surface area contributed by atoms with Crippen molar-refractivity contribution < 1.29 is 27.5 Å². The van der Waals surface area contributed by atoms with Gasteiger partial charge in [-0.1, -0.05) is 6.07 Å². The number of aryl methyl sites for hydroxylation is 1. The van der Waals surface area contributed by atoms with E-state index < -0.39 is 23.6 Å². The molecule has 0 atom stereocenters. The number of nitrogens with zero attached hydrogens (tertiary/aromatic N) is 2. The van der Waals surface area contributed by atoms with Crippen LogP contribution in [0.5, 0.6) is 5.75 Å². The van der Waals surface area contributed by atoms with Crippen molar-refractivity contribution >= 4 is 17.5 Å². The van der Waals surface area contributed by atoms with E-state index in [2.05, 4.69) is 21.3 Å². The fourth-order valence-electron chi connectivity index (χ4n) is 3.28. The molecule has 2 amide bonds. The standard InChI is InChI=1S/C23H24F3N5O3/c1-14-20(15(2)31(30-14)18-6-4-5-16(11-18)23(24,25)26)12-21(32)28-29-22(33)13-27-17-7-9-19(34-3)10-8-17/h4-11,27H,12-13H2,1-3H3,(H,28,32)(H,29,33). The third-order valence-corrected chi connectivity index (χ3v) is 5.08. The largest absolute Gasteiger partial charge is 0.497 e. The second-order valence-electron chi connectivity index (χ2n) is 7.46. The molecule has 2 aromatic carbocycles. The highest BCUT2D eigenvalue weighted by Crippen LogP contribution is 2.31. The zero-order chi connectivity index (χ0) is 24.9. The Morgan fingerprint density at radius 3 is 2.35 bits per heavy atom. The summed E-state index contributed by atoms with van der Waals surface area (Å²) in [5.41, 5.74) is 6.39. The van der Waals surface area contributed by atoms with Gasteiger partial charge in [0.05, 0.1) is 37.0 Å². The maximum absolute atomic E-state index is 13.0. The van der Waals surface area contributed by atoms with Crippen LogP contribution in [0.1, 0.15) is 22.5 Å². The summed E-state index contributed by atoms with van der Waals surface area (Å²) < 4.78 is 45.6. The molecule has 0 aliphatic rings. The first kappa shape index (κ1) is 24.6. The number of alkyl halides is 3. The minimum Gasteiger partial charge on any atom is -0.497 e. The lowest BCUT2D eigenvalue weighted by Gasteiger charge is -2.11. The van der Waals surface area contributed by atoms with E-state index in [1.807, 2.05) is 0 Å². The molecule has 11 heteroatoms. The van der Waals surface area contributed by atoms with Crippen LogP contribution in [-0.2, 0) is 22.2 Å². The Balaban J connectivity index is 1.58. The van der Waals surface area contributed by atoms with Crippen molar-refractivity contribution in [1.29, 1.82) is 0 Å². The second kappa shape index (κ2) is 10.3. The van der Waals surface area contributed by atoms with Crippen molar-refractivity contribution in [2.45, 2.75) is 26.4 Å². The van der Waals surface area contributed by atoms with E-state index in [0.29, 0.717) is 28.4 Å². The molecule has 3 rings (SSSR count). The lowest BCUT2D eigenvalue weighted by Crippen LogP contribution is -2.44. The van der Waals surface area contributed by atoms with Crippen molar-refractivity contribution in [2.24, 2.45) is 0 Å². The average Bonchev–Trinajstić information content (AvgIpc) is 3.09. The predicted octanol–water partition coefficient (Wildman–Crippen LogP) is 3.32. The SMILES string of the molecule is COc1ccc(NCC(=O)NNC(=O)Cc2c(C)nn(-c3cccc(C(F)(F)F)c3)c2C)cc1. The molecule has 0 unspecified atom stereocenters. The Morgan fingerprint density at radius 2 is 1.71 bits per heavy atom. The number of carbonyl (C=O) groups excluding carboxylic acids is 2. The number of hydrazine groups is 1. The topological polar surface area (TPSA) is 97.3 Å². The van der Waals surface area contributed by atoms with Crippen LogP contribution < -0.4 is 20.9 Å². The van der Waals surface area contributed by atoms with E-state index >= 15 is 0 Å². The first-order valence-electron chi connectivity index (χ1n) is 10.3. The molecule has 0 bridgehead atoms. The number of methoxy groups -OCH3 is 1. The van der Waals surface area contributed by atoms with Crippen LogP contribution >= 0.6 is 0 Å². The molecule has 3 aromatic rings. The lowest BCUT2D eigenvalue weighted by molar-refractivity contribution is -0.137. The number of aromatic nitrogens is 2. The van der Waals surface area contributed by atoms with Gasteiger partial charge in [0.15, 0.2) is 0 Å². The Morgan fingerprint density at radius 1 is 1.03 bits per heavy atom. The number of carbonyl (C=O) groups is 2. The van der Waals surface area contributed by atoms with Crippen LogP contribution in [-0.4, -0.2) is 35.2 Å². The van der Waals surface area contributed by atoms with Gasteiger partial charge in [-0.05, 0) is 56.3 Å². The first-order chi connectivity index (χ1) is 16.1. The number of amides is 2. The third-order valence-electron chi connectivity index (χ3n) is 5.08. The minimum atomic E-state index is -4.48. The number of ether oxygens (including phenoxy) is 1. The van der Waals surface area contributed by atoms with Gasteiger partial charge in [0.1, 0.15) is 5.75 Å². The maximum atomic E-state index is 13.0. The fourth-order valence-corrected chi connectivity index (χ4v) is 3.28. The van der Waals surface area contributed by atoms with Crippen LogP contribution in [0.15, 0.2) is 48.5 Å². The highest BCUT2D eigenvalue weighted by atomic mass is 19.4. The zero-order valence-electron chi connectivity index (χ0n) is 18.8. The van der Waals surface area contributed by atoms with Gasteiger partial charge in [0, 0.05) is 16.9 Å². The summed E-state index contributed by atoms with van der Waals surface area (Å²) in [4.78, 5) is 24.4. The molecule has 0 fully saturated rings. The molecule has 0 spiro atoms. The van der Waals surface area contributed by atoms with E-state index in [4.69, 9.17) is 4.74 Å². The fraction of sp³-hybridized carbons (Fsp3) is 0.261. The minimum absolute atomic E-state index is 0.0713. The Kier molecular flexibility index (Phi) is 7.44. The van der Waals surface area contributed by atoms with Gasteiger partial charge in [-0.25, -0.2) is 4.68 Å². The summed E-state index contributed by atoms with van der Waals surface area (Å²) in [6.07, 6.45) is -4.59. The highest BCUT2D eigenvalue weighted by molar-refractivity contribution is 5.85. The molecule has 0 aliphatic carbocycles. The summed E-state index contributed by atoms with van der Waals surface area (Å²) in [6.45, 7) is 3.26. The van der Waals surface area contributed by atoms with Crippen LogP contribution in [0.4, 0.5) is 18.9 Å². The van der Waals surface area contributed by atoms with E-state index in [-0.39, 0.29) is 18.7 Å². The molecule has 1 aromatic heterocycles. The van der Waals surface area contributed by atoms with Gasteiger partial charge >= 0.3 is 6.18 Å². The Bertz CT molecular complexity index is 1170. The molecule has 0 radical (unpaired) electrons. The maximum Gasteiger partial charge on any atom is 0.416 e. The number of rotatable bonds is 7. The Hall–Kier alpha value is -4.02. The van der Waals surface area contributed by atoms with Crippen molar-refractivity contribution in [2.75, 3.05) is 19.0 Å². The molecule has 8 nitrogen and oxygen atoms in total. The number of nitrogens with one attached hydrogen (secondary N) is 3. The molecule has 0 aliphatic heterocycles. The number of anilines is 1. The molecule has 1 heterocycles. The first-order valence-corrected chi connectivity index (χ1v) is 10.3. The zero-order valence-corrected chi connectivity index (χ0v) is 18.8. The van der Waals surface area contributed by atoms with Crippen molar-refractivity contribution in [3.8, 4) is 11.4 Å². The van der Waals surface area contributed by atoms with Crippen LogP contribution in [0.25, 0.3) is 5.69 Å². The van der Waals surface area contributed by atoms with Gasteiger partial charge in [-0.3, -0.25) is 20.4 Å². The summed E-state index contributed by atoms with van der Waals surface area (Å²) in [7, 11) is 1.55. The third kappa shape index (κ3) is 6.06. The van der Waals surface area contributed by atoms with Gasteiger partial charge in [-0.2, -0.15) is 18.3 Å². The van der Waals surface area contributed by atoms with Crippen LogP contribution in [0, 0.1) is 13.8 Å².